The van der Waals surface area contributed by atoms with Crippen LogP contribution in [0.3, 0.4) is 0 Å². The van der Waals surface area contributed by atoms with Gasteiger partial charge in [0.25, 0.3) is 0 Å². The Morgan fingerprint density at radius 3 is 2.84 bits per heavy atom. The van der Waals surface area contributed by atoms with Crippen LogP contribution in [0.25, 0.3) is 0 Å². The lowest BCUT2D eigenvalue weighted by molar-refractivity contribution is -0.124. The molecule has 0 bridgehead atoms. The number of hydrogen-bond donors (Lipinski definition) is 1. The second kappa shape index (κ2) is 6.15. The topological polar surface area (TPSA) is 46.3 Å². The fraction of sp³-hybridized carbons (Fsp3) is 0.533. The molecule has 2 rings (SSSR count). The van der Waals surface area contributed by atoms with E-state index in [-0.39, 0.29) is 23.6 Å². The van der Waals surface area contributed by atoms with Crippen LogP contribution in [0.2, 0.25) is 0 Å². The molecule has 0 saturated heterocycles. The lowest BCUT2D eigenvalue weighted by atomic mass is 9.78. The average molecular weight is 264 g/mol. The van der Waals surface area contributed by atoms with Crippen molar-refractivity contribution >= 4 is 11.6 Å². The van der Waals surface area contributed by atoms with Gasteiger partial charge in [0.2, 0.25) is 5.91 Å². The predicted octanol–water partition coefficient (Wildman–Crippen LogP) is 2.55. The number of rotatable bonds is 3. The van der Waals surface area contributed by atoms with Crippen LogP contribution in [-0.4, -0.2) is 19.5 Å². The number of amides is 1. The molecule has 4 heteroatoms. The zero-order valence-corrected chi connectivity index (χ0v) is 11.3. The van der Waals surface area contributed by atoms with E-state index in [1.54, 1.807) is 24.1 Å². The van der Waals surface area contributed by atoms with Crippen molar-refractivity contribution < 1.29 is 9.18 Å². The molecule has 2 unspecified atom stereocenters. The van der Waals surface area contributed by atoms with Crippen molar-refractivity contribution in [3.63, 3.8) is 0 Å². The standard InChI is InChI=1S/C15H21FN2O/c1-18(13-7-4-6-12(16)9-13)15(19)14-8-3-2-5-11(14)10-17/h4,6-7,9,11,14H,2-3,5,8,10,17H2,1H3. The van der Waals surface area contributed by atoms with E-state index >= 15 is 0 Å². The van der Waals surface area contributed by atoms with Crippen molar-refractivity contribution in [1.82, 2.24) is 0 Å². The van der Waals surface area contributed by atoms with E-state index in [9.17, 15) is 9.18 Å². The van der Waals surface area contributed by atoms with Crippen LogP contribution < -0.4 is 10.6 Å². The molecule has 1 aliphatic carbocycles. The Morgan fingerprint density at radius 1 is 1.42 bits per heavy atom. The quantitative estimate of drug-likeness (QED) is 0.912. The van der Waals surface area contributed by atoms with Crippen molar-refractivity contribution in [3.05, 3.63) is 30.1 Å². The minimum atomic E-state index is -0.323. The van der Waals surface area contributed by atoms with Gasteiger partial charge in [0, 0.05) is 18.7 Å². The van der Waals surface area contributed by atoms with Gasteiger partial charge in [-0.3, -0.25) is 4.79 Å². The van der Waals surface area contributed by atoms with E-state index in [4.69, 9.17) is 5.73 Å². The number of hydrogen-bond acceptors (Lipinski definition) is 2. The normalized spacial score (nSPS) is 23.1. The minimum absolute atomic E-state index is 0.0213. The summed E-state index contributed by atoms with van der Waals surface area (Å²) in [7, 11) is 1.71. The average Bonchev–Trinajstić information content (AvgIpc) is 2.45. The molecule has 0 aliphatic heterocycles. The Hall–Kier alpha value is -1.42. The van der Waals surface area contributed by atoms with E-state index in [1.165, 1.54) is 12.1 Å². The van der Waals surface area contributed by atoms with Gasteiger partial charge in [-0.05, 0) is 43.5 Å². The lowest BCUT2D eigenvalue weighted by Crippen LogP contribution is -2.40. The monoisotopic (exact) mass is 264 g/mol. The Kier molecular flexibility index (Phi) is 4.53. The van der Waals surface area contributed by atoms with Gasteiger partial charge >= 0.3 is 0 Å². The lowest BCUT2D eigenvalue weighted by Gasteiger charge is -2.32. The summed E-state index contributed by atoms with van der Waals surface area (Å²) in [5.41, 5.74) is 6.37. The molecule has 1 aromatic carbocycles. The molecule has 0 aromatic heterocycles. The minimum Gasteiger partial charge on any atom is -0.330 e. The summed E-state index contributed by atoms with van der Waals surface area (Å²) in [6.07, 6.45) is 4.13. The van der Waals surface area contributed by atoms with Gasteiger partial charge in [0.15, 0.2) is 0 Å². The summed E-state index contributed by atoms with van der Waals surface area (Å²) < 4.78 is 13.2. The van der Waals surface area contributed by atoms with Crippen LogP contribution in [0.5, 0.6) is 0 Å². The van der Waals surface area contributed by atoms with E-state index in [1.807, 2.05) is 0 Å². The van der Waals surface area contributed by atoms with E-state index in [2.05, 4.69) is 0 Å². The molecular weight excluding hydrogens is 243 g/mol. The molecule has 0 spiro atoms. The number of halogens is 1. The second-order valence-corrected chi connectivity index (χ2v) is 5.26. The predicted molar refractivity (Wildman–Crippen MR) is 74.3 cm³/mol. The Balaban J connectivity index is 2.13. The number of nitrogens with zero attached hydrogens (tertiary/aromatic N) is 1. The van der Waals surface area contributed by atoms with Gasteiger partial charge in [-0.1, -0.05) is 18.9 Å². The fourth-order valence-corrected chi connectivity index (χ4v) is 2.88. The SMILES string of the molecule is CN(C(=O)C1CCCCC1CN)c1cccc(F)c1. The molecule has 1 fully saturated rings. The maximum absolute atomic E-state index is 13.2. The van der Waals surface area contributed by atoms with E-state index in [0.29, 0.717) is 12.2 Å². The van der Waals surface area contributed by atoms with Crippen LogP contribution in [0, 0.1) is 17.7 Å². The van der Waals surface area contributed by atoms with Gasteiger partial charge in [0.1, 0.15) is 5.82 Å². The van der Waals surface area contributed by atoms with Gasteiger partial charge in [-0.2, -0.15) is 0 Å². The molecule has 104 valence electrons. The molecule has 19 heavy (non-hydrogen) atoms. The number of benzene rings is 1. The third-order valence-electron chi connectivity index (χ3n) is 4.06. The van der Waals surface area contributed by atoms with Crippen molar-refractivity contribution in [1.29, 1.82) is 0 Å². The first-order valence-electron chi connectivity index (χ1n) is 6.86. The highest BCUT2D eigenvalue weighted by Gasteiger charge is 2.32. The smallest absolute Gasteiger partial charge is 0.230 e. The van der Waals surface area contributed by atoms with Gasteiger partial charge in [-0.25, -0.2) is 4.39 Å². The number of nitrogens with two attached hydrogens (primary N) is 1. The van der Waals surface area contributed by atoms with Crippen molar-refractivity contribution in [2.45, 2.75) is 25.7 Å². The van der Waals surface area contributed by atoms with E-state index in [0.717, 1.165) is 25.7 Å². The highest BCUT2D eigenvalue weighted by molar-refractivity contribution is 5.94. The highest BCUT2D eigenvalue weighted by atomic mass is 19.1. The van der Waals surface area contributed by atoms with Gasteiger partial charge < -0.3 is 10.6 Å². The second-order valence-electron chi connectivity index (χ2n) is 5.26. The summed E-state index contributed by atoms with van der Waals surface area (Å²) in [6.45, 7) is 0.549. The summed E-state index contributed by atoms with van der Waals surface area (Å²) in [5.74, 6) is -0.0267. The Labute approximate surface area is 113 Å². The van der Waals surface area contributed by atoms with Crippen LogP contribution in [0.4, 0.5) is 10.1 Å². The maximum atomic E-state index is 13.2. The number of anilines is 1. The van der Waals surface area contributed by atoms with E-state index < -0.39 is 0 Å². The third kappa shape index (κ3) is 3.13. The van der Waals surface area contributed by atoms with Crippen LogP contribution >= 0.6 is 0 Å². The number of carbonyl (C=O) groups excluding carboxylic acids is 1. The maximum Gasteiger partial charge on any atom is 0.230 e. The largest absolute Gasteiger partial charge is 0.330 e. The zero-order chi connectivity index (χ0) is 13.8. The molecule has 1 saturated carbocycles. The molecular formula is C15H21FN2O. The molecule has 3 nitrogen and oxygen atoms in total. The first-order chi connectivity index (χ1) is 9.13. The molecule has 1 aliphatic rings. The summed E-state index contributed by atoms with van der Waals surface area (Å²) in [6, 6.07) is 6.14. The Bertz CT molecular complexity index is 450. The first kappa shape index (κ1) is 14.0. The summed E-state index contributed by atoms with van der Waals surface area (Å²) in [5, 5.41) is 0. The molecule has 0 heterocycles. The van der Waals surface area contributed by atoms with Crippen molar-refractivity contribution in [3.8, 4) is 0 Å². The number of carbonyl (C=O) groups is 1. The molecule has 0 radical (unpaired) electrons. The van der Waals surface area contributed by atoms with Crippen molar-refractivity contribution in [2.75, 3.05) is 18.5 Å². The molecule has 2 N–H and O–H groups in total. The third-order valence-corrected chi connectivity index (χ3v) is 4.06. The molecule has 1 aromatic rings. The van der Waals surface area contributed by atoms with Gasteiger partial charge in [0.05, 0.1) is 0 Å². The molecule has 1 amide bonds. The first-order valence-corrected chi connectivity index (χ1v) is 6.86. The summed E-state index contributed by atoms with van der Waals surface area (Å²) >= 11 is 0. The zero-order valence-electron chi connectivity index (χ0n) is 11.3. The van der Waals surface area contributed by atoms with Crippen LogP contribution in [-0.2, 0) is 4.79 Å². The molecule has 2 atom stereocenters. The van der Waals surface area contributed by atoms with Crippen LogP contribution in [0.15, 0.2) is 24.3 Å². The van der Waals surface area contributed by atoms with Gasteiger partial charge in [-0.15, -0.1) is 0 Å². The Morgan fingerprint density at radius 2 is 2.16 bits per heavy atom. The fourth-order valence-electron chi connectivity index (χ4n) is 2.88. The van der Waals surface area contributed by atoms with Crippen molar-refractivity contribution in [2.24, 2.45) is 17.6 Å². The summed E-state index contributed by atoms with van der Waals surface area (Å²) in [4.78, 5) is 14.1. The van der Waals surface area contributed by atoms with Crippen LogP contribution in [0.1, 0.15) is 25.7 Å². The highest BCUT2D eigenvalue weighted by Crippen LogP contribution is 2.31.